The molecule has 1 unspecified atom stereocenters. The van der Waals surface area contributed by atoms with Gasteiger partial charge < -0.3 is 85.0 Å². The number of H-pyrrole nitrogens is 1. The van der Waals surface area contributed by atoms with Crippen LogP contribution in [-0.4, -0.2) is 138 Å². The van der Waals surface area contributed by atoms with Gasteiger partial charge in [0.1, 0.15) is 24.6 Å². The zero-order valence-electron chi connectivity index (χ0n) is 51.8. The van der Waals surface area contributed by atoms with E-state index in [1.165, 1.54) is 24.1 Å². The molecular weight excluding hydrogens is 1230 g/mol. The van der Waals surface area contributed by atoms with E-state index in [4.69, 9.17) is 67.9 Å². The quantitative estimate of drug-likeness (QED) is 0.0253. The fraction of sp³-hybridized carbons (Fsp3) is 0.638. The summed E-state index contributed by atoms with van der Waals surface area (Å²) in [4.78, 5) is 93.7. The predicted molar refractivity (Wildman–Crippen MR) is 318 cm³/mol. The van der Waals surface area contributed by atoms with Crippen molar-refractivity contribution in [3.8, 4) is 0 Å². The fourth-order valence-electron chi connectivity index (χ4n) is 15.1. The molecule has 0 spiro atoms. The van der Waals surface area contributed by atoms with E-state index in [0.717, 1.165) is 0 Å². The van der Waals surface area contributed by atoms with Crippen molar-refractivity contribution in [3.05, 3.63) is 47.0 Å². The van der Waals surface area contributed by atoms with E-state index in [0.29, 0.717) is 51.0 Å². The standard InChI is InChI=1S/C58H85N16O14P.Co/c1-26(87-89(84,85)88-47-34(23-75)86-53(46(47)83)74-25-69-52-45(74)51(65)67-24-68-52)22-66-42(82)16-17-55(6)32(18-39(62)79)50-58(9)57(8,21-41(64)81)31(12-15-38(61)78)44(73-58)28(3)49-56(7,20-40(63)80)29(10-13-36(59)76)33(70-49)19-35-54(4,5)30(11-14-37(60)77)43(71-35)27(2)48(55)72-50;/h19,24-26,29-32,34,46-47,50,53,75,83H,10-18,20-23H2,1-9H3,(H17,59,60,61,62,63,64,65,66,67,68,70,71,72,73,76,77,78,79,80,81,82,84,85);/p-2/t26-,29-,30-,31-,32+,34-,46-,47-,50-,53+,55-,56+,57+,58+;/m1./s1. The number of rotatable bonds is 26. The number of nitrogens with two attached hydrogens (primary N) is 4. The molecule has 1 radical (unpaired) electrons. The SMILES string of the molecule is CC1=C2N=C(C=C3NC(=C(C)C4=N[C@@](C)([C@@H]5N=C1[C@](C)(CCC(=O)NC[C@@H](C)OP(=O)(O)O[C@H]1[C@@H](O)[C@@H]([n+]6c[nH]c7ncnc(N)c76)O[C@@H]1CO)[C@H]5CC(N)=O)[C@@](C)(CC(N)=O)[C@@H]4CCC(=N)[O-])[C@@](C)(CC(N)=O)[C@@H]3CCC(=N)[O-])C(C)(C)[C@@H]2CCC(=N)[O-].[Co]. The number of imidazole rings is 1. The maximum absolute atomic E-state index is 14.3. The Hall–Kier alpha value is -6.83. The number of phosphoric ester groups is 1. The van der Waals surface area contributed by atoms with Crippen LogP contribution in [-0.2, 0) is 54.3 Å². The average molecular weight is 1320 g/mol. The van der Waals surface area contributed by atoms with Crippen molar-refractivity contribution in [1.82, 2.24) is 25.6 Å². The Morgan fingerprint density at radius 2 is 1.50 bits per heavy atom. The van der Waals surface area contributed by atoms with Gasteiger partial charge in [-0.15, -0.1) is 0 Å². The summed E-state index contributed by atoms with van der Waals surface area (Å²) < 4.78 is 31.8. The minimum absolute atomic E-state index is 0. The average Bonchev–Trinajstić information content (AvgIpc) is 1.83. The number of fused-ring (bicyclic) bond motifs is 7. The molecule has 6 aliphatic rings. The maximum Gasteiger partial charge on any atom is 0.472 e. The van der Waals surface area contributed by atoms with Crippen LogP contribution >= 0.6 is 7.82 Å². The number of aliphatic imine (C=N–C) groups is 3. The van der Waals surface area contributed by atoms with Crippen LogP contribution in [0.25, 0.3) is 11.2 Å². The molecule has 6 aliphatic heterocycles. The number of anilines is 1. The molecule has 495 valence electrons. The number of carbonyl (C=O) groups excluding carboxylic acids is 4. The number of nitrogen functional groups attached to an aromatic ring is 1. The normalized spacial score (nSPS) is 31.9. The second-order valence-corrected chi connectivity index (χ2v) is 27.4. The third-order valence-corrected chi connectivity index (χ3v) is 20.9. The second-order valence-electron chi connectivity index (χ2n) is 26.0. The van der Waals surface area contributed by atoms with Gasteiger partial charge in [-0.25, -0.2) is 14.5 Å². The first kappa shape index (κ1) is 70.6. The number of nitrogens with zero attached hydrogens (tertiary/aromatic N) is 6. The number of ether oxygens (including phenoxy) is 1. The number of primary amides is 3. The molecule has 0 aromatic carbocycles. The van der Waals surface area contributed by atoms with Crippen molar-refractivity contribution >= 4 is 83.3 Å². The molecule has 2 aromatic rings. The van der Waals surface area contributed by atoms with Crippen LogP contribution in [0.15, 0.2) is 61.9 Å². The van der Waals surface area contributed by atoms with Crippen LogP contribution in [0.5, 0.6) is 0 Å². The number of allylic oxidation sites excluding steroid dienone is 6. The number of aliphatic hydroxyl groups is 2. The summed E-state index contributed by atoms with van der Waals surface area (Å²) in [5, 5.41) is 89.9. The molecule has 8 heterocycles. The second kappa shape index (κ2) is 26.4. The summed E-state index contributed by atoms with van der Waals surface area (Å²) in [5.74, 6) is -8.31. The Bertz CT molecular complexity index is 3500. The predicted octanol–water partition coefficient (Wildman–Crippen LogP) is -0.108. The smallest absolute Gasteiger partial charge is 0.472 e. The van der Waals surface area contributed by atoms with Gasteiger partial charge in [-0.05, 0) is 108 Å². The van der Waals surface area contributed by atoms with Gasteiger partial charge in [0.2, 0.25) is 41.7 Å². The van der Waals surface area contributed by atoms with Crippen LogP contribution in [0, 0.1) is 61.6 Å². The molecule has 90 heavy (non-hydrogen) atoms. The van der Waals surface area contributed by atoms with Gasteiger partial charge in [-0.2, -0.15) is 9.55 Å². The first-order chi connectivity index (χ1) is 41.4. The number of nitrogens with one attached hydrogen (secondary N) is 6. The minimum Gasteiger partial charge on any atom is -0.862 e. The zero-order valence-corrected chi connectivity index (χ0v) is 53.7. The molecule has 17 N–H and O–H groups in total. The van der Waals surface area contributed by atoms with E-state index in [1.54, 1.807) is 27.7 Å². The summed E-state index contributed by atoms with van der Waals surface area (Å²) >= 11 is 0. The summed E-state index contributed by atoms with van der Waals surface area (Å²) in [6.45, 7) is 15.0. The van der Waals surface area contributed by atoms with Crippen molar-refractivity contribution in [2.75, 3.05) is 18.9 Å². The van der Waals surface area contributed by atoms with Crippen molar-refractivity contribution < 1.29 is 89.3 Å². The summed E-state index contributed by atoms with van der Waals surface area (Å²) in [6.07, 6.45) is -4.39. The van der Waals surface area contributed by atoms with Gasteiger partial charge in [-0.3, -0.25) is 43.2 Å². The molecule has 2 aromatic heterocycles. The molecular formula is C58H83CoN16O14P-2. The third kappa shape index (κ3) is 13.3. The number of hydrogen-bond acceptors (Lipinski definition) is 23. The summed E-state index contributed by atoms with van der Waals surface area (Å²) in [5.41, 5.74) is 22.5. The molecule has 8 rings (SSSR count). The summed E-state index contributed by atoms with van der Waals surface area (Å²) in [7, 11) is -5.11. The van der Waals surface area contributed by atoms with Crippen LogP contribution in [0.2, 0.25) is 0 Å². The van der Waals surface area contributed by atoms with Gasteiger partial charge in [0.05, 0.1) is 24.3 Å². The Labute approximate surface area is 530 Å². The van der Waals surface area contributed by atoms with Gasteiger partial charge in [0.15, 0.2) is 5.82 Å². The third-order valence-electron chi connectivity index (χ3n) is 19.8. The number of aromatic nitrogens is 4. The number of aliphatic hydroxyl groups excluding tert-OH is 2. The molecule has 30 nitrogen and oxygen atoms in total. The molecule has 8 bridgehead atoms. The fourth-order valence-corrected chi connectivity index (χ4v) is 16.2. The van der Waals surface area contributed by atoms with Gasteiger partial charge >= 0.3 is 7.82 Å². The number of hydrogen-bond donors (Lipinski definition) is 13. The van der Waals surface area contributed by atoms with Crippen LogP contribution in [0.1, 0.15) is 139 Å². The number of aromatic amines is 1. The van der Waals surface area contributed by atoms with Crippen LogP contribution in [0.3, 0.4) is 0 Å². The first-order valence-corrected chi connectivity index (χ1v) is 31.1. The maximum atomic E-state index is 14.3. The van der Waals surface area contributed by atoms with Crippen molar-refractivity contribution in [2.45, 2.75) is 175 Å². The Morgan fingerprint density at radius 1 is 0.889 bits per heavy atom. The van der Waals surface area contributed by atoms with Gasteiger partial charge in [0.25, 0.3) is 5.65 Å². The summed E-state index contributed by atoms with van der Waals surface area (Å²) in [6, 6.07) is -1.08. The van der Waals surface area contributed by atoms with Crippen molar-refractivity contribution in [1.29, 1.82) is 16.2 Å². The number of carbonyl (C=O) groups is 4. The van der Waals surface area contributed by atoms with E-state index in [-0.39, 0.29) is 105 Å². The van der Waals surface area contributed by atoms with Gasteiger partial charge in [-0.1, -0.05) is 34.6 Å². The molecule has 2 saturated heterocycles. The molecule has 2 fully saturated rings. The molecule has 15 atom stereocenters. The number of phosphoric acid groups is 1. The van der Waals surface area contributed by atoms with E-state index in [1.807, 2.05) is 33.8 Å². The monoisotopic (exact) mass is 1320 g/mol. The largest absolute Gasteiger partial charge is 0.862 e. The Kier molecular flexibility index (Phi) is 20.7. The van der Waals surface area contributed by atoms with E-state index in [9.17, 15) is 54.2 Å². The van der Waals surface area contributed by atoms with Crippen molar-refractivity contribution in [3.63, 3.8) is 0 Å². The van der Waals surface area contributed by atoms with E-state index < -0.39 is 143 Å². The van der Waals surface area contributed by atoms with E-state index >= 15 is 0 Å². The minimum atomic E-state index is -5.11. The molecule has 0 saturated carbocycles. The van der Waals surface area contributed by atoms with Crippen LogP contribution in [0.4, 0.5) is 5.82 Å². The molecule has 0 aliphatic carbocycles. The first-order valence-electron chi connectivity index (χ1n) is 29.6. The van der Waals surface area contributed by atoms with Gasteiger partial charge in [0, 0.05) is 129 Å². The molecule has 32 heteroatoms. The zero-order chi connectivity index (χ0) is 65.8. The van der Waals surface area contributed by atoms with Crippen molar-refractivity contribution in [2.24, 2.45) is 77.5 Å². The van der Waals surface area contributed by atoms with Crippen LogP contribution < -0.4 is 53.5 Å². The van der Waals surface area contributed by atoms with E-state index in [2.05, 4.69) is 25.6 Å². The molecule has 4 amide bonds. The topological polar surface area (TPSA) is 525 Å². The Balaban J connectivity index is 0.0000115. The Morgan fingerprint density at radius 3 is 2.09 bits per heavy atom. The number of amides is 4.